The molecule has 4 nitrogen and oxygen atoms in total. The Kier molecular flexibility index (Phi) is 5.26. The summed E-state index contributed by atoms with van der Waals surface area (Å²) in [5, 5.41) is 0. The minimum Gasteiger partial charge on any atom is -0.497 e. The monoisotopic (exact) mass is 278 g/mol. The number of likely N-dealkylation sites (N-methyl/N-ethyl adjacent to an activating group) is 1. The minimum absolute atomic E-state index is 0.0642. The number of hydrogen-bond acceptors (Lipinski definition) is 4. The molecule has 20 heavy (non-hydrogen) atoms. The van der Waals surface area contributed by atoms with Crippen molar-refractivity contribution in [3.05, 3.63) is 23.8 Å². The van der Waals surface area contributed by atoms with Gasteiger partial charge in [-0.05, 0) is 38.1 Å². The van der Waals surface area contributed by atoms with E-state index in [0.717, 1.165) is 23.6 Å². The lowest BCUT2D eigenvalue weighted by Crippen LogP contribution is -2.35. The van der Waals surface area contributed by atoms with Gasteiger partial charge in [0.2, 0.25) is 0 Å². The Labute approximate surface area is 121 Å². The summed E-state index contributed by atoms with van der Waals surface area (Å²) in [7, 11) is 5.52. The lowest BCUT2D eigenvalue weighted by Gasteiger charge is -2.28. The van der Waals surface area contributed by atoms with Crippen LogP contribution in [0.5, 0.6) is 11.5 Å². The van der Waals surface area contributed by atoms with E-state index in [-0.39, 0.29) is 6.04 Å². The van der Waals surface area contributed by atoms with Gasteiger partial charge in [-0.1, -0.05) is 12.8 Å². The van der Waals surface area contributed by atoms with Crippen molar-refractivity contribution in [2.24, 2.45) is 5.73 Å². The van der Waals surface area contributed by atoms with Crippen LogP contribution in [0.3, 0.4) is 0 Å². The number of methoxy groups -OCH3 is 2. The van der Waals surface area contributed by atoms with Crippen molar-refractivity contribution in [2.75, 3.05) is 27.8 Å². The molecule has 0 amide bonds. The van der Waals surface area contributed by atoms with Gasteiger partial charge in [0.25, 0.3) is 0 Å². The van der Waals surface area contributed by atoms with Crippen LogP contribution >= 0.6 is 0 Å². The van der Waals surface area contributed by atoms with E-state index in [1.807, 2.05) is 18.2 Å². The van der Waals surface area contributed by atoms with Gasteiger partial charge in [-0.25, -0.2) is 0 Å². The molecule has 1 unspecified atom stereocenters. The van der Waals surface area contributed by atoms with Gasteiger partial charge in [-0.3, -0.25) is 0 Å². The highest BCUT2D eigenvalue weighted by Crippen LogP contribution is 2.30. The van der Waals surface area contributed by atoms with E-state index in [1.54, 1.807) is 14.2 Å². The summed E-state index contributed by atoms with van der Waals surface area (Å²) in [4.78, 5) is 2.39. The SMILES string of the molecule is COc1ccc(OC)c(C(N)CN(C)C2CCCC2)c1. The van der Waals surface area contributed by atoms with Crippen molar-refractivity contribution in [3.8, 4) is 11.5 Å². The molecule has 0 aliphatic heterocycles. The molecule has 1 aromatic carbocycles. The standard InChI is InChI=1S/C16H26N2O2/c1-18(12-6-4-5-7-12)11-15(17)14-10-13(19-2)8-9-16(14)20-3/h8-10,12,15H,4-7,11,17H2,1-3H3. The van der Waals surface area contributed by atoms with Gasteiger partial charge in [-0.2, -0.15) is 0 Å². The van der Waals surface area contributed by atoms with Gasteiger partial charge in [0.1, 0.15) is 11.5 Å². The summed E-state index contributed by atoms with van der Waals surface area (Å²) in [5.74, 6) is 1.65. The number of benzene rings is 1. The van der Waals surface area contributed by atoms with E-state index >= 15 is 0 Å². The molecular weight excluding hydrogens is 252 g/mol. The number of rotatable bonds is 6. The first-order chi connectivity index (χ1) is 9.65. The zero-order chi connectivity index (χ0) is 14.5. The molecule has 0 bridgehead atoms. The molecule has 0 saturated heterocycles. The second kappa shape index (κ2) is 6.95. The van der Waals surface area contributed by atoms with Crippen molar-refractivity contribution >= 4 is 0 Å². The highest BCUT2D eigenvalue weighted by Gasteiger charge is 2.22. The maximum Gasteiger partial charge on any atom is 0.123 e. The second-order valence-electron chi connectivity index (χ2n) is 5.59. The predicted molar refractivity (Wildman–Crippen MR) is 81.4 cm³/mol. The van der Waals surface area contributed by atoms with Crippen LogP contribution in [0, 0.1) is 0 Å². The Morgan fingerprint density at radius 1 is 1.25 bits per heavy atom. The third-order valence-electron chi connectivity index (χ3n) is 4.27. The van der Waals surface area contributed by atoms with Crippen LogP contribution in [-0.4, -0.2) is 38.8 Å². The normalized spacial score (nSPS) is 17.4. The molecule has 1 aliphatic rings. The summed E-state index contributed by atoms with van der Waals surface area (Å²) in [6.45, 7) is 0.841. The quantitative estimate of drug-likeness (QED) is 0.869. The van der Waals surface area contributed by atoms with E-state index in [2.05, 4.69) is 11.9 Å². The molecule has 2 rings (SSSR count). The summed E-state index contributed by atoms with van der Waals surface area (Å²) in [6, 6.07) is 6.41. The van der Waals surface area contributed by atoms with E-state index in [9.17, 15) is 0 Å². The fourth-order valence-electron chi connectivity index (χ4n) is 3.03. The molecule has 0 heterocycles. The molecule has 2 N–H and O–H groups in total. The smallest absolute Gasteiger partial charge is 0.123 e. The van der Waals surface area contributed by atoms with Crippen molar-refractivity contribution in [3.63, 3.8) is 0 Å². The zero-order valence-electron chi connectivity index (χ0n) is 12.8. The molecule has 0 radical (unpaired) electrons. The maximum atomic E-state index is 6.39. The van der Waals surface area contributed by atoms with Gasteiger partial charge < -0.3 is 20.1 Å². The first-order valence-corrected chi connectivity index (χ1v) is 7.33. The minimum atomic E-state index is -0.0642. The van der Waals surface area contributed by atoms with Crippen LogP contribution < -0.4 is 15.2 Å². The Morgan fingerprint density at radius 3 is 2.55 bits per heavy atom. The van der Waals surface area contributed by atoms with Gasteiger partial charge >= 0.3 is 0 Å². The molecule has 1 aromatic rings. The third kappa shape index (κ3) is 3.44. The summed E-state index contributed by atoms with van der Waals surface area (Å²) in [6.07, 6.45) is 5.26. The van der Waals surface area contributed by atoms with E-state index in [4.69, 9.17) is 15.2 Å². The van der Waals surface area contributed by atoms with E-state index < -0.39 is 0 Å². The zero-order valence-corrected chi connectivity index (χ0v) is 12.8. The number of nitrogens with two attached hydrogens (primary N) is 1. The predicted octanol–water partition coefficient (Wildman–Crippen LogP) is 2.58. The fraction of sp³-hybridized carbons (Fsp3) is 0.625. The molecule has 1 atom stereocenters. The van der Waals surface area contributed by atoms with Crippen LogP contribution in [0.25, 0.3) is 0 Å². The van der Waals surface area contributed by atoms with Gasteiger partial charge in [0.05, 0.1) is 14.2 Å². The first kappa shape index (κ1) is 15.1. The summed E-state index contributed by atoms with van der Waals surface area (Å²) < 4.78 is 10.7. The number of hydrogen-bond donors (Lipinski definition) is 1. The molecular formula is C16H26N2O2. The lowest BCUT2D eigenvalue weighted by molar-refractivity contribution is 0.230. The second-order valence-corrected chi connectivity index (χ2v) is 5.59. The molecule has 1 saturated carbocycles. The average Bonchev–Trinajstić information content (AvgIpc) is 3.00. The van der Waals surface area contributed by atoms with Crippen LogP contribution in [-0.2, 0) is 0 Å². The van der Waals surface area contributed by atoms with Crippen molar-refractivity contribution in [1.29, 1.82) is 0 Å². The maximum absolute atomic E-state index is 6.39. The van der Waals surface area contributed by atoms with Crippen molar-refractivity contribution in [2.45, 2.75) is 37.8 Å². The highest BCUT2D eigenvalue weighted by atomic mass is 16.5. The van der Waals surface area contributed by atoms with Crippen LogP contribution in [0.4, 0.5) is 0 Å². The van der Waals surface area contributed by atoms with Crippen LogP contribution in [0.15, 0.2) is 18.2 Å². The number of ether oxygens (including phenoxy) is 2. The van der Waals surface area contributed by atoms with Gasteiger partial charge in [0.15, 0.2) is 0 Å². The Balaban J connectivity index is 2.08. The van der Waals surface area contributed by atoms with Crippen LogP contribution in [0.1, 0.15) is 37.3 Å². The lowest BCUT2D eigenvalue weighted by atomic mass is 10.0. The number of nitrogens with zero attached hydrogens (tertiary/aromatic N) is 1. The third-order valence-corrected chi connectivity index (χ3v) is 4.27. The molecule has 0 spiro atoms. The molecule has 4 heteroatoms. The highest BCUT2D eigenvalue weighted by molar-refractivity contribution is 5.42. The van der Waals surface area contributed by atoms with Crippen molar-refractivity contribution < 1.29 is 9.47 Å². The van der Waals surface area contributed by atoms with Gasteiger partial charge in [0, 0.05) is 24.2 Å². The van der Waals surface area contributed by atoms with Gasteiger partial charge in [-0.15, -0.1) is 0 Å². The molecule has 112 valence electrons. The fourth-order valence-corrected chi connectivity index (χ4v) is 3.03. The molecule has 1 fully saturated rings. The summed E-state index contributed by atoms with van der Waals surface area (Å²) >= 11 is 0. The Bertz CT molecular complexity index is 430. The van der Waals surface area contributed by atoms with E-state index in [1.165, 1.54) is 25.7 Å². The molecule has 1 aliphatic carbocycles. The average molecular weight is 278 g/mol. The van der Waals surface area contributed by atoms with Crippen LogP contribution in [0.2, 0.25) is 0 Å². The van der Waals surface area contributed by atoms with E-state index in [0.29, 0.717) is 6.04 Å². The first-order valence-electron chi connectivity index (χ1n) is 7.33. The van der Waals surface area contributed by atoms with Crippen molar-refractivity contribution in [1.82, 2.24) is 4.90 Å². The Hall–Kier alpha value is -1.26. The molecule has 0 aromatic heterocycles. The topological polar surface area (TPSA) is 47.7 Å². The Morgan fingerprint density at radius 2 is 1.95 bits per heavy atom. The largest absolute Gasteiger partial charge is 0.497 e. The summed E-state index contributed by atoms with van der Waals surface area (Å²) in [5.41, 5.74) is 7.40.